The normalized spacial score (nSPS) is 15.3. The van der Waals surface area contributed by atoms with Crippen LogP contribution in [0.4, 0.5) is 4.39 Å². The lowest BCUT2D eigenvalue weighted by Crippen LogP contribution is -2.45. The van der Waals surface area contributed by atoms with E-state index in [1.165, 1.54) is 12.1 Å². The lowest BCUT2D eigenvalue weighted by atomic mass is 10.2. The summed E-state index contributed by atoms with van der Waals surface area (Å²) in [5.74, 6) is 2.51. The average molecular weight is 422 g/mol. The summed E-state index contributed by atoms with van der Waals surface area (Å²) in [5, 5.41) is 6.47. The molecule has 1 atom stereocenters. The number of hydrogen-bond acceptors (Lipinski definition) is 5. The van der Waals surface area contributed by atoms with Gasteiger partial charge in [-0.2, -0.15) is 0 Å². The quantitative estimate of drug-likeness (QED) is 0.468. The Hall–Kier alpha value is -3.81. The van der Waals surface area contributed by atoms with E-state index in [2.05, 4.69) is 20.6 Å². The number of halogens is 1. The molecule has 0 radical (unpaired) electrons. The molecule has 7 nitrogen and oxygen atoms in total. The van der Waals surface area contributed by atoms with Gasteiger partial charge in [-0.3, -0.25) is 4.99 Å². The minimum atomic E-state index is -0.366. The number of nitrogens with zero attached hydrogens (tertiary/aromatic N) is 2. The highest BCUT2D eigenvalue weighted by Gasteiger charge is 2.20. The van der Waals surface area contributed by atoms with Gasteiger partial charge in [-0.25, -0.2) is 9.37 Å². The molecule has 1 aliphatic rings. The highest BCUT2D eigenvalue weighted by atomic mass is 19.1. The van der Waals surface area contributed by atoms with Crippen molar-refractivity contribution in [2.45, 2.75) is 12.6 Å². The highest BCUT2D eigenvalue weighted by molar-refractivity contribution is 5.79. The van der Waals surface area contributed by atoms with Crippen molar-refractivity contribution in [3.8, 4) is 23.1 Å². The van der Waals surface area contributed by atoms with Gasteiger partial charge in [-0.05, 0) is 30.3 Å². The second-order valence-electron chi connectivity index (χ2n) is 6.83. The molecule has 2 aromatic carbocycles. The number of hydrogen-bond donors (Lipinski definition) is 2. The summed E-state index contributed by atoms with van der Waals surface area (Å²) in [6, 6.07) is 17.3. The van der Waals surface area contributed by atoms with Crippen LogP contribution >= 0.6 is 0 Å². The Morgan fingerprint density at radius 3 is 2.84 bits per heavy atom. The molecular formula is C23H23FN4O3. The van der Waals surface area contributed by atoms with Gasteiger partial charge in [0.05, 0.1) is 6.54 Å². The Morgan fingerprint density at radius 1 is 1.13 bits per heavy atom. The number of pyridine rings is 1. The predicted molar refractivity (Wildman–Crippen MR) is 115 cm³/mol. The van der Waals surface area contributed by atoms with Gasteiger partial charge in [0, 0.05) is 31.4 Å². The first-order valence-electron chi connectivity index (χ1n) is 9.91. The molecule has 4 rings (SSSR count). The number of benzene rings is 2. The summed E-state index contributed by atoms with van der Waals surface area (Å²) in [5.41, 5.74) is 0.806. The first-order chi connectivity index (χ1) is 15.2. The van der Waals surface area contributed by atoms with E-state index in [9.17, 15) is 4.39 Å². The van der Waals surface area contributed by atoms with Crippen molar-refractivity contribution in [1.29, 1.82) is 0 Å². The van der Waals surface area contributed by atoms with Gasteiger partial charge >= 0.3 is 0 Å². The maximum absolute atomic E-state index is 13.4. The molecule has 0 aliphatic carbocycles. The minimum absolute atomic E-state index is 0.140. The Balaban J connectivity index is 1.32. The predicted octanol–water partition coefficient (Wildman–Crippen LogP) is 3.52. The smallest absolute Gasteiger partial charge is 0.224 e. The second kappa shape index (κ2) is 9.80. The van der Waals surface area contributed by atoms with Crippen LogP contribution in [0.2, 0.25) is 0 Å². The van der Waals surface area contributed by atoms with Gasteiger partial charge in [0.2, 0.25) is 5.88 Å². The zero-order valence-electron chi connectivity index (χ0n) is 17.0. The van der Waals surface area contributed by atoms with Crippen molar-refractivity contribution in [2.24, 2.45) is 4.99 Å². The number of aromatic nitrogens is 1. The van der Waals surface area contributed by atoms with E-state index in [0.29, 0.717) is 37.3 Å². The maximum atomic E-state index is 13.4. The number of rotatable bonds is 6. The summed E-state index contributed by atoms with van der Waals surface area (Å²) < 4.78 is 30.9. The Morgan fingerprint density at radius 2 is 2.00 bits per heavy atom. The molecule has 0 saturated carbocycles. The number of para-hydroxylation sites is 2. The van der Waals surface area contributed by atoms with Crippen molar-refractivity contribution in [3.05, 3.63) is 78.2 Å². The fourth-order valence-electron chi connectivity index (χ4n) is 3.07. The molecule has 2 N–H and O–H groups in total. The van der Waals surface area contributed by atoms with E-state index < -0.39 is 0 Å². The van der Waals surface area contributed by atoms with Crippen molar-refractivity contribution in [3.63, 3.8) is 0 Å². The first kappa shape index (κ1) is 20.5. The molecular weight excluding hydrogens is 399 g/mol. The molecule has 0 amide bonds. The molecule has 0 bridgehead atoms. The third-order valence-corrected chi connectivity index (χ3v) is 4.60. The number of guanidine groups is 1. The van der Waals surface area contributed by atoms with Crippen molar-refractivity contribution < 1.29 is 18.6 Å². The van der Waals surface area contributed by atoms with Crippen molar-refractivity contribution in [2.75, 3.05) is 20.2 Å². The third kappa shape index (κ3) is 5.42. The molecule has 1 unspecified atom stereocenters. The molecule has 0 fully saturated rings. The Labute approximate surface area is 179 Å². The van der Waals surface area contributed by atoms with Gasteiger partial charge in [0.1, 0.15) is 24.3 Å². The number of nitrogens with one attached hydrogen (secondary N) is 2. The summed E-state index contributed by atoms with van der Waals surface area (Å²) in [4.78, 5) is 8.51. The van der Waals surface area contributed by atoms with Gasteiger partial charge in [-0.15, -0.1) is 0 Å². The molecule has 2 heterocycles. The zero-order valence-corrected chi connectivity index (χ0v) is 17.0. The Kier molecular flexibility index (Phi) is 6.47. The summed E-state index contributed by atoms with van der Waals surface area (Å²) in [6.45, 7) is 1.39. The topological polar surface area (TPSA) is 77.0 Å². The monoisotopic (exact) mass is 422 g/mol. The lowest BCUT2D eigenvalue weighted by molar-refractivity contribution is 0.0936. The number of fused-ring (bicyclic) bond motifs is 1. The molecule has 8 heteroatoms. The van der Waals surface area contributed by atoms with Crippen LogP contribution in [0.3, 0.4) is 0 Å². The van der Waals surface area contributed by atoms with Crippen LogP contribution in [0, 0.1) is 5.82 Å². The Bertz CT molecular complexity index is 1060. The van der Waals surface area contributed by atoms with Crippen LogP contribution in [0.1, 0.15) is 5.56 Å². The van der Waals surface area contributed by atoms with Gasteiger partial charge in [0.15, 0.2) is 17.5 Å². The highest BCUT2D eigenvalue weighted by Crippen LogP contribution is 2.30. The number of aliphatic imine (C=N–C) groups is 1. The zero-order chi connectivity index (χ0) is 21.5. The molecule has 1 aliphatic heterocycles. The van der Waals surface area contributed by atoms with Crippen LogP contribution in [0.5, 0.6) is 23.1 Å². The molecule has 3 aromatic rings. The van der Waals surface area contributed by atoms with E-state index in [-0.39, 0.29) is 11.9 Å². The van der Waals surface area contributed by atoms with Gasteiger partial charge in [0.25, 0.3) is 0 Å². The van der Waals surface area contributed by atoms with Gasteiger partial charge in [-0.1, -0.05) is 24.3 Å². The average Bonchev–Trinajstić information content (AvgIpc) is 2.80. The van der Waals surface area contributed by atoms with Crippen LogP contribution in [-0.2, 0) is 6.54 Å². The van der Waals surface area contributed by atoms with Crippen LogP contribution in [-0.4, -0.2) is 37.2 Å². The maximum Gasteiger partial charge on any atom is 0.224 e. The van der Waals surface area contributed by atoms with Gasteiger partial charge < -0.3 is 24.8 Å². The van der Waals surface area contributed by atoms with Crippen LogP contribution < -0.4 is 24.8 Å². The van der Waals surface area contributed by atoms with Crippen molar-refractivity contribution >= 4 is 5.96 Å². The lowest BCUT2D eigenvalue weighted by Gasteiger charge is -2.27. The minimum Gasteiger partial charge on any atom is -0.486 e. The molecule has 0 spiro atoms. The van der Waals surface area contributed by atoms with Crippen LogP contribution in [0.15, 0.2) is 71.9 Å². The summed E-state index contributed by atoms with van der Waals surface area (Å²) in [6.07, 6.45) is 1.49. The molecule has 160 valence electrons. The van der Waals surface area contributed by atoms with E-state index in [1.807, 2.05) is 36.4 Å². The van der Waals surface area contributed by atoms with Crippen LogP contribution in [0.25, 0.3) is 0 Å². The first-order valence-corrected chi connectivity index (χ1v) is 9.91. The van der Waals surface area contributed by atoms with Crippen molar-refractivity contribution in [1.82, 2.24) is 15.6 Å². The largest absolute Gasteiger partial charge is 0.486 e. The summed E-state index contributed by atoms with van der Waals surface area (Å²) in [7, 11) is 1.69. The standard InChI is InChI=1S/C23H23FN4O3/c1-25-23(28-14-19-15-29-20-9-2-3-10-21(20)30-19)27-13-16-6-5-11-26-22(16)31-18-8-4-7-17(24)12-18/h2-12,19H,13-15H2,1H3,(H2,25,27,28). The fraction of sp³-hybridized carbons (Fsp3) is 0.217. The van der Waals surface area contributed by atoms with E-state index in [0.717, 1.165) is 17.1 Å². The second-order valence-corrected chi connectivity index (χ2v) is 6.83. The molecule has 0 saturated heterocycles. The summed E-state index contributed by atoms with van der Waals surface area (Å²) >= 11 is 0. The SMILES string of the molecule is CN=C(NCc1cccnc1Oc1cccc(F)c1)NCC1COc2ccccc2O1. The molecule has 31 heavy (non-hydrogen) atoms. The fourth-order valence-corrected chi connectivity index (χ4v) is 3.07. The van der Waals surface area contributed by atoms with E-state index in [1.54, 1.807) is 25.4 Å². The third-order valence-electron chi connectivity index (χ3n) is 4.60. The molecule has 1 aromatic heterocycles. The van der Waals surface area contributed by atoms with E-state index >= 15 is 0 Å². The van der Waals surface area contributed by atoms with E-state index in [4.69, 9.17) is 14.2 Å². The number of ether oxygens (including phenoxy) is 3.